The molecule has 0 aromatic heterocycles. The smallest absolute Gasteiger partial charge is 0.387 e. The van der Waals surface area contributed by atoms with E-state index in [2.05, 4.69) is 20.7 Å². The quantitative estimate of drug-likeness (QED) is 0.673. The van der Waals surface area contributed by atoms with E-state index in [0.717, 1.165) is 11.1 Å². The molecule has 0 aliphatic heterocycles. The minimum atomic E-state index is -2.81. The Morgan fingerprint density at radius 3 is 2.35 bits per heavy atom. The van der Waals surface area contributed by atoms with Crippen molar-refractivity contribution in [2.45, 2.75) is 24.8 Å². The van der Waals surface area contributed by atoms with Crippen LogP contribution in [0.25, 0.3) is 0 Å². The van der Waals surface area contributed by atoms with Crippen LogP contribution in [0.1, 0.15) is 21.5 Å². The van der Waals surface area contributed by atoms with E-state index in [-0.39, 0.29) is 10.6 Å². The molecule has 2 aromatic carbocycles. The third kappa shape index (κ3) is 4.04. The van der Waals surface area contributed by atoms with Crippen LogP contribution in [0, 0.1) is 6.92 Å². The second kappa shape index (κ2) is 6.84. The summed E-state index contributed by atoms with van der Waals surface area (Å²) in [5, 5.41) is 0. The highest BCUT2D eigenvalue weighted by molar-refractivity contribution is 9.09. The van der Waals surface area contributed by atoms with E-state index in [4.69, 9.17) is 0 Å². The Bertz CT molecular complexity index is 555. The van der Waals surface area contributed by atoms with Crippen molar-refractivity contribution in [2.75, 3.05) is 0 Å². The molecule has 20 heavy (non-hydrogen) atoms. The van der Waals surface area contributed by atoms with Gasteiger partial charge in [-0.15, -0.1) is 0 Å². The minimum absolute atomic E-state index is 0.0693. The SMILES string of the molecule is Cc1ccc(CC(Br)c2ccccc2OC(F)F)cc1. The zero-order chi connectivity index (χ0) is 14.5. The van der Waals surface area contributed by atoms with Crippen molar-refractivity contribution in [2.24, 2.45) is 0 Å². The van der Waals surface area contributed by atoms with E-state index >= 15 is 0 Å². The van der Waals surface area contributed by atoms with Crippen LogP contribution in [0.5, 0.6) is 5.75 Å². The van der Waals surface area contributed by atoms with Gasteiger partial charge in [-0.25, -0.2) is 0 Å². The van der Waals surface area contributed by atoms with Gasteiger partial charge in [0.2, 0.25) is 0 Å². The van der Waals surface area contributed by atoms with E-state index in [0.29, 0.717) is 6.42 Å². The van der Waals surface area contributed by atoms with Crippen LogP contribution < -0.4 is 4.74 Å². The Labute approximate surface area is 125 Å². The third-order valence-electron chi connectivity index (χ3n) is 3.01. The zero-order valence-electron chi connectivity index (χ0n) is 11.0. The number of ether oxygens (including phenoxy) is 1. The van der Waals surface area contributed by atoms with E-state index < -0.39 is 6.61 Å². The molecule has 0 bridgehead atoms. The van der Waals surface area contributed by atoms with Gasteiger partial charge in [0.1, 0.15) is 5.75 Å². The van der Waals surface area contributed by atoms with Crippen LogP contribution in [0.15, 0.2) is 48.5 Å². The summed E-state index contributed by atoms with van der Waals surface area (Å²) >= 11 is 3.56. The van der Waals surface area contributed by atoms with E-state index in [9.17, 15) is 8.78 Å². The van der Waals surface area contributed by atoms with E-state index in [1.54, 1.807) is 18.2 Å². The average molecular weight is 341 g/mol. The lowest BCUT2D eigenvalue weighted by Crippen LogP contribution is -2.06. The molecule has 0 amide bonds. The molecule has 0 fully saturated rings. The number of aryl methyl sites for hydroxylation is 1. The Morgan fingerprint density at radius 2 is 1.70 bits per heavy atom. The highest BCUT2D eigenvalue weighted by atomic mass is 79.9. The summed E-state index contributed by atoms with van der Waals surface area (Å²) in [5.74, 6) is 0.219. The monoisotopic (exact) mass is 340 g/mol. The average Bonchev–Trinajstić information content (AvgIpc) is 2.41. The highest BCUT2D eigenvalue weighted by Gasteiger charge is 2.16. The molecule has 0 spiro atoms. The predicted molar refractivity (Wildman–Crippen MR) is 79.6 cm³/mol. The lowest BCUT2D eigenvalue weighted by atomic mass is 10.0. The van der Waals surface area contributed by atoms with Gasteiger partial charge in [0.15, 0.2) is 0 Å². The van der Waals surface area contributed by atoms with Crippen LogP contribution in [0.3, 0.4) is 0 Å². The highest BCUT2D eigenvalue weighted by Crippen LogP contribution is 2.34. The van der Waals surface area contributed by atoms with Crippen molar-refractivity contribution >= 4 is 15.9 Å². The zero-order valence-corrected chi connectivity index (χ0v) is 12.6. The second-order valence-corrected chi connectivity index (χ2v) is 5.68. The van der Waals surface area contributed by atoms with E-state index in [1.807, 2.05) is 37.3 Å². The van der Waals surface area contributed by atoms with Crippen LogP contribution >= 0.6 is 15.9 Å². The fourth-order valence-corrected chi connectivity index (χ4v) is 2.74. The number of alkyl halides is 3. The van der Waals surface area contributed by atoms with Gasteiger partial charge in [-0.3, -0.25) is 0 Å². The molecule has 2 aromatic rings. The molecule has 0 heterocycles. The first-order chi connectivity index (χ1) is 9.56. The molecule has 4 heteroatoms. The molecule has 1 atom stereocenters. The third-order valence-corrected chi connectivity index (χ3v) is 3.83. The summed E-state index contributed by atoms with van der Waals surface area (Å²) in [7, 11) is 0. The summed E-state index contributed by atoms with van der Waals surface area (Å²) in [6.45, 7) is -0.781. The summed E-state index contributed by atoms with van der Waals surface area (Å²) in [6, 6.07) is 15.0. The van der Waals surface area contributed by atoms with Gasteiger partial charge in [0, 0.05) is 10.4 Å². The van der Waals surface area contributed by atoms with Crippen molar-refractivity contribution in [1.29, 1.82) is 0 Å². The summed E-state index contributed by atoms with van der Waals surface area (Å²) in [5.41, 5.74) is 3.07. The van der Waals surface area contributed by atoms with Crippen molar-refractivity contribution in [3.8, 4) is 5.75 Å². The molecule has 1 unspecified atom stereocenters. The summed E-state index contributed by atoms with van der Waals surface area (Å²) in [6.07, 6.45) is 0.712. The molecular formula is C16H15BrF2O. The molecule has 0 aliphatic carbocycles. The second-order valence-electron chi connectivity index (χ2n) is 4.57. The summed E-state index contributed by atoms with van der Waals surface area (Å²) < 4.78 is 29.4. The number of rotatable bonds is 5. The van der Waals surface area contributed by atoms with Gasteiger partial charge in [0.25, 0.3) is 0 Å². The van der Waals surface area contributed by atoms with Crippen molar-refractivity contribution in [3.05, 3.63) is 65.2 Å². The topological polar surface area (TPSA) is 9.23 Å². The fourth-order valence-electron chi connectivity index (χ4n) is 1.98. The normalized spacial score (nSPS) is 12.4. The van der Waals surface area contributed by atoms with Gasteiger partial charge in [-0.1, -0.05) is 64.0 Å². The van der Waals surface area contributed by atoms with E-state index in [1.165, 1.54) is 5.56 Å². The Balaban J connectivity index is 2.16. The maximum absolute atomic E-state index is 12.4. The Morgan fingerprint density at radius 1 is 1.05 bits per heavy atom. The fraction of sp³-hybridized carbons (Fsp3) is 0.250. The molecule has 2 rings (SSSR count). The molecule has 0 N–H and O–H groups in total. The van der Waals surface area contributed by atoms with Gasteiger partial charge in [-0.2, -0.15) is 8.78 Å². The Kier molecular flexibility index (Phi) is 5.12. The first-order valence-corrected chi connectivity index (χ1v) is 7.21. The number of halogens is 3. The van der Waals surface area contributed by atoms with Gasteiger partial charge >= 0.3 is 6.61 Å². The molecule has 0 aliphatic rings. The minimum Gasteiger partial charge on any atom is -0.435 e. The molecular weight excluding hydrogens is 326 g/mol. The molecule has 0 radical (unpaired) electrons. The van der Waals surface area contributed by atoms with Gasteiger partial charge < -0.3 is 4.74 Å². The van der Waals surface area contributed by atoms with Crippen LogP contribution in [-0.2, 0) is 6.42 Å². The predicted octanol–water partition coefficient (Wildman–Crippen LogP) is 5.28. The number of para-hydroxylation sites is 1. The number of hydrogen-bond acceptors (Lipinski definition) is 1. The number of benzene rings is 2. The maximum atomic E-state index is 12.4. The first-order valence-electron chi connectivity index (χ1n) is 6.29. The van der Waals surface area contributed by atoms with Crippen LogP contribution in [-0.4, -0.2) is 6.61 Å². The van der Waals surface area contributed by atoms with Crippen molar-refractivity contribution in [1.82, 2.24) is 0 Å². The standard InChI is InChI=1S/C16H15BrF2O/c1-11-6-8-12(9-7-11)10-14(17)13-4-2-3-5-15(13)20-16(18)19/h2-9,14,16H,10H2,1H3. The van der Waals surface area contributed by atoms with Crippen LogP contribution in [0.2, 0.25) is 0 Å². The lowest BCUT2D eigenvalue weighted by molar-refractivity contribution is -0.0504. The lowest BCUT2D eigenvalue weighted by Gasteiger charge is -2.15. The van der Waals surface area contributed by atoms with Crippen molar-refractivity contribution in [3.63, 3.8) is 0 Å². The largest absolute Gasteiger partial charge is 0.435 e. The van der Waals surface area contributed by atoms with Gasteiger partial charge in [-0.05, 0) is 25.0 Å². The molecule has 1 nitrogen and oxygen atoms in total. The molecule has 106 valence electrons. The van der Waals surface area contributed by atoms with Gasteiger partial charge in [0.05, 0.1) is 0 Å². The maximum Gasteiger partial charge on any atom is 0.387 e. The first kappa shape index (κ1) is 15.0. The number of hydrogen-bond donors (Lipinski definition) is 0. The van der Waals surface area contributed by atoms with Crippen molar-refractivity contribution < 1.29 is 13.5 Å². The molecule has 0 saturated carbocycles. The summed E-state index contributed by atoms with van der Waals surface area (Å²) in [4.78, 5) is -0.0693. The molecule has 0 saturated heterocycles. The Hall–Kier alpha value is -1.42. The van der Waals surface area contributed by atoms with Crippen LogP contribution in [0.4, 0.5) is 8.78 Å².